The van der Waals surface area contributed by atoms with Gasteiger partial charge in [-0.15, -0.1) is 0 Å². The van der Waals surface area contributed by atoms with Crippen LogP contribution in [-0.4, -0.2) is 36.0 Å². The van der Waals surface area contributed by atoms with E-state index in [-0.39, 0.29) is 17.4 Å². The van der Waals surface area contributed by atoms with Crippen molar-refractivity contribution in [3.63, 3.8) is 0 Å². The second-order valence-corrected chi connectivity index (χ2v) is 5.85. The van der Waals surface area contributed by atoms with E-state index in [9.17, 15) is 14.4 Å². The molecule has 0 aliphatic rings. The Bertz CT molecular complexity index is 802. The van der Waals surface area contributed by atoms with Crippen molar-refractivity contribution in [3.05, 3.63) is 70.8 Å². The molecule has 0 radical (unpaired) electrons. The smallest absolute Gasteiger partial charge is 0.335 e. The minimum atomic E-state index is -0.978. The lowest BCUT2D eigenvalue weighted by Crippen LogP contribution is -2.27. The average molecular weight is 354 g/mol. The number of carboxylic acid groups (broad SMARTS) is 1. The van der Waals surface area contributed by atoms with E-state index in [0.29, 0.717) is 30.6 Å². The van der Waals surface area contributed by atoms with Gasteiger partial charge >= 0.3 is 5.97 Å². The average Bonchev–Trinajstić information content (AvgIpc) is 2.66. The van der Waals surface area contributed by atoms with Crippen LogP contribution in [0.3, 0.4) is 0 Å². The minimum Gasteiger partial charge on any atom is -0.478 e. The van der Waals surface area contributed by atoms with E-state index in [0.717, 1.165) is 12.0 Å². The van der Waals surface area contributed by atoms with Crippen molar-refractivity contribution in [1.29, 1.82) is 0 Å². The summed E-state index contributed by atoms with van der Waals surface area (Å²) in [4.78, 5) is 35.2. The number of carboxylic acids is 1. The topological polar surface area (TPSA) is 95.5 Å². The number of rotatable bonds is 8. The second kappa shape index (κ2) is 9.36. The van der Waals surface area contributed by atoms with Gasteiger partial charge in [0.2, 0.25) is 0 Å². The molecule has 0 unspecified atom stereocenters. The van der Waals surface area contributed by atoms with Crippen LogP contribution in [0.4, 0.5) is 0 Å². The van der Waals surface area contributed by atoms with E-state index in [4.69, 9.17) is 5.11 Å². The molecule has 0 spiro atoms. The van der Waals surface area contributed by atoms with Gasteiger partial charge in [0.15, 0.2) is 0 Å². The molecule has 0 saturated carbocycles. The number of nitrogens with one attached hydrogen (secondary N) is 2. The summed E-state index contributed by atoms with van der Waals surface area (Å²) < 4.78 is 0. The quantitative estimate of drug-likeness (QED) is 0.679. The zero-order valence-electron chi connectivity index (χ0n) is 14.6. The van der Waals surface area contributed by atoms with Crippen molar-refractivity contribution in [3.8, 4) is 0 Å². The number of amides is 2. The van der Waals surface area contributed by atoms with E-state index in [1.165, 1.54) is 6.07 Å². The predicted octanol–water partition coefficient (Wildman–Crippen LogP) is 2.50. The molecule has 0 atom stereocenters. The van der Waals surface area contributed by atoms with E-state index >= 15 is 0 Å². The molecule has 0 aliphatic heterocycles. The van der Waals surface area contributed by atoms with Gasteiger partial charge in [-0.1, -0.05) is 25.1 Å². The van der Waals surface area contributed by atoms with Crippen LogP contribution < -0.4 is 10.6 Å². The van der Waals surface area contributed by atoms with Gasteiger partial charge in [-0.2, -0.15) is 0 Å². The molecule has 0 fully saturated rings. The Balaban J connectivity index is 1.93. The number of carbonyl (C=O) groups is 3. The van der Waals surface area contributed by atoms with Crippen LogP contribution in [-0.2, 0) is 6.42 Å². The van der Waals surface area contributed by atoms with Gasteiger partial charge in [0.1, 0.15) is 0 Å². The van der Waals surface area contributed by atoms with Crippen LogP contribution in [0.2, 0.25) is 0 Å². The molecule has 2 aromatic carbocycles. The first-order valence-electron chi connectivity index (χ1n) is 8.50. The SMILES string of the molecule is CCCNC(=O)c1cccc(C(=O)NCCc2cccc(C(=O)O)c2)c1. The first kappa shape index (κ1) is 19.2. The third kappa shape index (κ3) is 5.44. The zero-order valence-corrected chi connectivity index (χ0v) is 14.6. The van der Waals surface area contributed by atoms with Crippen LogP contribution in [0.25, 0.3) is 0 Å². The first-order valence-corrected chi connectivity index (χ1v) is 8.50. The highest BCUT2D eigenvalue weighted by molar-refractivity contribution is 5.99. The Morgan fingerprint density at radius 3 is 2.04 bits per heavy atom. The molecule has 6 nitrogen and oxygen atoms in total. The molecule has 2 amide bonds. The van der Waals surface area contributed by atoms with Gasteiger partial charge in [0.05, 0.1) is 5.56 Å². The third-order valence-electron chi connectivity index (χ3n) is 3.80. The van der Waals surface area contributed by atoms with Crippen LogP contribution in [0.15, 0.2) is 48.5 Å². The Morgan fingerprint density at radius 2 is 1.42 bits per heavy atom. The van der Waals surface area contributed by atoms with Crippen LogP contribution >= 0.6 is 0 Å². The molecular formula is C20H22N2O4. The normalized spacial score (nSPS) is 10.2. The van der Waals surface area contributed by atoms with Gasteiger partial charge in [-0.05, 0) is 48.7 Å². The molecule has 2 aromatic rings. The fraction of sp³-hybridized carbons (Fsp3) is 0.250. The molecular weight excluding hydrogens is 332 g/mol. The van der Waals surface area contributed by atoms with Crippen molar-refractivity contribution < 1.29 is 19.5 Å². The van der Waals surface area contributed by atoms with Crippen molar-refractivity contribution in [2.45, 2.75) is 19.8 Å². The standard InChI is InChI=1S/C20H22N2O4/c1-2-10-21-18(23)15-6-4-7-16(13-15)19(24)22-11-9-14-5-3-8-17(12-14)20(25)26/h3-8,12-13H,2,9-11H2,1H3,(H,21,23)(H,22,24)(H,25,26). The van der Waals surface area contributed by atoms with Crippen LogP contribution in [0.1, 0.15) is 50.0 Å². The number of aromatic carboxylic acids is 1. The largest absolute Gasteiger partial charge is 0.478 e. The maximum Gasteiger partial charge on any atom is 0.335 e. The molecule has 26 heavy (non-hydrogen) atoms. The Labute approximate surface area is 152 Å². The molecule has 0 saturated heterocycles. The highest BCUT2D eigenvalue weighted by Gasteiger charge is 2.10. The van der Waals surface area contributed by atoms with Gasteiger partial charge in [-0.3, -0.25) is 9.59 Å². The van der Waals surface area contributed by atoms with Crippen LogP contribution in [0, 0.1) is 0 Å². The monoisotopic (exact) mass is 354 g/mol. The third-order valence-corrected chi connectivity index (χ3v) is 3.80. The zero-order chi connectivity index (χ0) is 18.9. The molecule has 3 N–H and O–H groups in total. The minimum absolute atomic E-state index is 0.202. The van der Waals surface area contributed by atoms with Crippen molar-refractivity contribution in [2.75, 3.05) is 13.1 Å². The summed E-state index contributed by atoms with van der Waals surface area (Å²) in [7, 11) is 0. The number of benzene rings is 2. The summed E-state index contributed by atoms with van der Waals surface area (Å²) in [5.41, 5.74) is 1.91. The highest BCUT2D eigenvalue weighted by Crippen LogP contribution is 2.07. The summed E-state index contributed by atoms with van der Waals surface area (Å²) in [6.45, 7) is 2.93. The number of hydrogen-bond acceptors (Lipinski definition) is 3. The molecule has 0 bridgehead atoms. The Morgan fingerprint density at radius 1 is 0.846 bits per heavy atom. The summed E-state index contributed by atoms with van der Waals surface area (Å²) in [5, 5.41) is 14.6. The molecule has 6 heteroatoms. The predicted molar refractivity (Wildman–Crippen MR) is 98.5 cm³/mol. The lowest BCUT2D eigenvalue weighted by atomic mass is 10.1. The maximum atomic E-state index is 12.3. The van der Waals surface area contributed by atoms with E-state index < -0.39 is 5.97 Å². The lowest BCUT2D eigenvalue weighted by molar-refractivity contribution is 0.0696. The van der Waals surface area contributed by atoms with Crippen LogP contribution in [0.5, 0.6) is 0 Å². The second-order valence-electron chi connectivity index (χ2n) is 5.85. The molecule has 0 heterocycles. The summed E-state index contributed by atoms with van der Waals surface area (Å²) >= 11 is 0. The molecule has 136 valence electrons. The number of hydrogen-bond donors (Lipinski definition) is 3. The summed E-state index contributed by atoms with van der Waals surface area (Å²) in [5.74, 6) is -1.45. The van der Waals surface area contributed by atoms with Gasteiger partial charge in [0, 0.05) is 24.2 Å². The van der Waals surface area contributed by atoms with Crippen molar-refractivity contribution >= 4 is 17.8 Å². The fourth-order valence-electron chi connectivity index (χ4n) is 2.42. The maximum absolute atomic E-state index is 12.3. The van der Waals surface area contributed by atoms with Gasteiger partial charge < -0.3 is 15.7 Å². The molecule has 0 aromatic heterocycles. The lowest BCUT2D eigenvalue weighted by Gasteiger charge is -2.08. The fourth-order valence-corrected chi connectivity index (χ4v) is 2.42. The van der Waals surface area contributed by atoms with E-state index in [1.807, 2.05) is 13.0 Å². The first-order chi connectivity index (χ1) is 12.5. The number of carbonyl (C=O) groups excluding carboxylic acids is 2. The van der Waals surface area contributed by atoms with E-state index in [2.05, 4.69) is 10.6 Å². The molecule has 0 aliphatic carbocycles. The summed E-state index contributed by atoms with van der Waals surface area (Å²) in [6.07, 6.45) is 1.36. The Hall–Kier alpha value is -3.15. The van der Waals surface area contributed by atoms with Gasteiger partial charge in [0.25, 0.3) is 11.8 Å². The van der Waals surface area contributed by atoms with Gasteiger partial charge in [-0.25, -0.2) is 4.79 Å². The van der Waals surface area contributed by atoms with E-state index in [1.54, 1.807) is 36.4 Å². The van der Waals surface area contributed by atoms with Crippen molar-refractivity contribution in [2.24, 2.45) is 0 Å². The summed E-state index contributed by atoms with van der Waals surface area (Å²) in [6, 6.07) is 13.2. The Kier molecular flexibility index (Phi) is 6.91. The highest BCUT2D eigenvalue weighted by atomic mass is 16.4. The van der Waals surface area contributed by atoms with Crippen molar-refractivity contribution in [1.82, 2.24) is 10.6 Å². The molecule has 2 rings (SSSR count).